The van der Waals surface area contributed by atoms with Gasteiger partial charge in [-0.2, -0.15) is 0 Å². The summed E-state index contributed by atoms with van der Waals surface area (Å²) in [5.74, 6) is 0.537. The maximum Gasteiger partial charge on any atom is 0.193 e. The minimum atomic E-state index is -0.171. The zero-order valence-electron chi connectivity index (χ0n) is 10.6. The molecule has 1 aromatic heterocycles. The molecule has 0 atom stereocenters. The molecular weight excluding hydrogens is 252 g/mol. The predicted octanol–water partition coefficient (Wildman–Crippen LogP) is 3.67. The van der Waals surface area contributed by atoms with Gasteiger partial charge in [-0.1, -0.05) is 36.4 Å². The summed E-state index contributed by atoms with van der Waals surface area (Å²) < 4.78 is 5.62. The van der Waals surface area contributed by atoms with Gasteiger partial charge in [0.25, 0.3) is 0 Å². The lowest BCUT2D eigenvalue weighted by atomic mass is 10.2. The van der Waals surface area contributed by atoms with Gasteiger partial charge in [-0.05, 0) is 29.8 Å². The summed E-state index contributed by atoms with van der Waals surface area (Å²) in [5.41, 5.74) is 1.32. The second-order valence-electron chi connectivity index (χ2n) is 4.44. The van der Waals surface area contributed by atoms with Crippen LogP contribution in [0.15, 0.2) is 63.8 Å². The van der Waals surface area contributed by atoms with E-state index in [-0.39, 0.29) is 11.2 Å². The second kappa shape index (κ2) is 5.05. The molecule has 0 aliphatic carbocycles. The standard InChI is InChI=1S/C17H12O3/c18-13-7-9-17-15(10-13)16(19)11-14(20-17)8-6-12-4-2-1-3-5-12/h1-11,18H. The van der Waals surface area contributed by atoms with Gasteiger partial charge in [-0.25, -0.2) is 0 Å². The summed E-state index contributed by atoms with van der Waals surface area (Å²) in [6.07, 6.45) is 3.63. The highest BCUT2D eigenvalue weighted by molar-refractivity contribution is 5.79. The minimum absolute atomic E-state index is 0.0531. The van der Waals surface area contributed by atoms with E-state index < -0.39 is 0 Å². The Morgan fingerprint density at radius 2 is 1.75 bits per heavy atom. The van der Waals surface area contributed by atoms with Gasteiger partial charge < -0.3 is 9.52 Å². The first-order valence-corrected chi connectivity index (χ1v) is 6.22. The lowest BCUT2D eigenvalue weighted by Gasteiger charge is -1.99. The highest BCUT2D eigenvalue weighted by Crippen LogP contribution is 2.19. The first-order chi connectivity index (χ1) is 9.72. The zero-order valence-corrected chi connectivity index (χ0v) is 10.6. The molecule has 0 radical (unpaired) electrons. The van der Waals surface area contributed by atoms with E-state index in [0.29, 0.717) is 16.7 Å². The Morgan fingerprint density at radius 3 is 2.55 bits per heavy atom. The Balaban J connectivity index is 2.03. The van der Waals surface area contributed by atoms with Gasteiger partial charge in [0, 0.05) is 6.07 Å². The molecular formula is C17H12O3. The fourth-order valence-electron chi connectivity index (χ4n) is 1.99. The Labute approximate surface area is 115 Å². The summed E-state index contributed by atoms with van der Waals surface area (Å²) in [6, 6.07) is 15.7. The number of benzene rings is 2. The van der Waals surface area contributed by atoms with E-state index in [4.69, 9.17) is 4.42 Å². The van der Waals surface area contributed by atoms with Crippen LogP contribution < -0.4 is 5.43 Å². The number of phenols is 1. The van der Waals surface area contributed by atoms with Gasteiger partial charge in [-0.15, -0.1) is 0 Å². The summed E-state index contributed by atoms with van der Waals surface area (Å²) in [5, 5.41) is 9.76. The molecule has 3 heteroatoms. The van der Waals surface area contributed by atoms with E-state index in [9.17, 15) is 9.90 Å². The van der Waals surface area contributed by atoms with Gasteiger partial charge in [0.05, 0.1) is 5.39 Å². The molecule has 0 fully saturated rings. The first-order valence-electron chi connectivity index (χ1n) is 6.22. The van der Waals surface area contributed by atoms with Crippen LogP contribution in [0.3, 0.4) is 0 Å². The number of aromatic hydroxyl groups is 1. The summed E-state index contributed by atoms with van der Waals surface area (Å²) in [7, 11) is 0. The van der Waals surface area contributed by atoms with Crippen molar-refractivity contribution in [3.63, 3.8) is 0 Å². The third-order valence-electron chi connectivity index (χ3n) is 2.97. The summed E-state index contributed by atoms with van der Waals surface area (Å²) in [4.78, 5) is 12.0. The monoisotopic (exact) mass is 264 g/mol. The molecule has 0 unspecified atom stereocenters. The van der Waals surface area contributed by atoms with Gasteiger partial charge in [0.2, 0.25) is 0 Å². The number of rotatable bonds is 2. The summed E-state index contributed by atoms with van der Waals surface area (Å²) >= 11 is 0. The molecule has 2 aromatic carbocycles. The third-order valence-corrected chi connectivity index (χ3v) is 2.97. The van der Waals surface area contributed by atoms with Gasteiger partial charge >= 0.3 is 0 Å². The fraction of sp³-hybridized carbons (Fsp3) is 0. The van der Waals surface area contributed by atoms with Crippen molar-refractivity contribution in [1.82, 2.24) is 0 Å². The van der Waals surface area contributed by atoms with E-state index in [1.54, 1.807) is 12.1 Å². The van der Waals surface area contributed by atoms with Gasteiger partial charge in [0.15, 0.2) is 5.43 Å². The minimum Gasteiger partial charge on any atom is -0.508 e. The molecule has 20 heavy (non-hydrogen) atoms. The third kappa shape index (κ3) is 2.47. The van der Waals surface area contributed by atoms with Crippen LogP contribution in [-0.2, 0) is 0 Å². The van der Waals surface area contributed by atoms with Crippen LogP contribution in [0.1, 0.15) is 11.3 Å². The Kier molecular flexibility index (Phi) is 3.09. The quantitative estimate of drug-likeness (QED) is 0.768. The van der Waals surface area contributed by atoms with Crippen LogP contribution in [0.4, 0.5) is 0 Å². The van der Waals surface area contributed by atoms with Crippen LogP contribution in [0, 0.1) is 0 Å². The van der Waals surface area contributed by atoms with Crippen LogP contribution in [0.25, 0.3) is 23.1 Å². The second-order valence-corrected chi connectivity index (χ2v) is 4.44. The van der Waals surface area contributed by atoms with Crippen molar-refractivity contribution in [3.05, 3.63) is 76.1 Å². The fourth-order valence-corrected chi connectivity index (χ4v) is 1.99. The maximum absolute atomic E-state index is 12.0. The Hall–Kier alpha value is -2.81. The Morgan fingerprint density at radius 1 is 0.950 bits per heavy atom. The molecule has 0 aliphatic heterocycles. The van der Waals surface area contributed by atoms with Gasteiger partial charge in [0.1, 0.15) is 17.1 Å². The number of phenolic OH excluding ortho intramolecular Hbond substituents is 1. The average Bonchev–Trinajstić information content (AvgIpc) is 2.47. The van der Waals surface area contributed by atoms with Crippen LogP contribution >= 0.6 is 0 Å². The molecule has 0 amide bonds. The van der Waals surface area contributed by atoms with Crippen LogP contribution in [-0.4, -0.2) is 5.11 Å². The largest absolute Gasteiger partial charge is 0.508 e. The Bertz CT molecular complexity index is 830. The smallest absolute Gasteiger partial charge is 0.193 e. The van der Waals surface area contributed by atoms with E-state index in [2.05, 4.69) is 0 Å². The topological polar surface area (TPSA) is 50.4 Å². The number of fused-ring (bicyclic) bond motifs is 1. The number of hydrogen-bond donors (Lipinski definition) is 1. The lowest BCUT2D eigenvalue weighted by Crippen LogP contribution is -1.99. The SMILES string of the molecule is O=c1cc(C=Cc2ccccc2)oc2ccc(O)cc12. The summed E-state index contributed by atoms with van der Waals surface area (Å²) in [6.45, 7) is 0. The molecule has 0 bridgehead atoms. The molecule has 3 rings (SSSR count). The number of hydrogen-bond acceptors (Lipinski definition) is 3. The van der Waals surface area contributed by atoms with Crippen molar-refractivity contribution >= 4 is 23.1 Å². The molecule has 3 nitrogen and oxygen atoms in total. The van der Waals surface area contributed by atoms with Gasteiger partial charge in [-0.3, -0.25) is 4.79 Å². The van der Waals surface area contributed by atoms with Crippen molar-refractivity contribution in [3.8, 4) is 5.75 Å². The van der Waals surface area contributed by atoms with E-state index in [0.717, 1.165) is 5.56 Å². The molecule has 0 spiro atoms. The van der Waals surface area contributed by atoms with Crippen molar-refractivity contribution in [2.75, 3.05) is 0 Å². The van der Waals surface area contributed by atoms with E-state index >= 15 is 0 Å². The maximum atomic E-state index is 12.0. The highest BCUT2D eigenvalue weighted by Gasteiger charge is 2.03. The molecule has 0 aliphatic rings. The molecule has 1 heterocycles. The lowest BCUT2D eigenvalue weighted by molar-refractivity contribution is 0.475. The molecule has 0 saturated carbocycles. The van der Waals surface area contributed by atoms with E-state index in [1.165, 1.54) is 18.2 Å². The molecule has 1 N–H and O–H groups in total. The van der Waals surface area contributed by atoms with E-state index in [1.807, 2.05) is 36.4 Å². The van der Waals surface area contributed by atoms with Crippen molar-refractivity contribution < 1.29 is 9.52 Å². The van der Waals surface area contributed by atoms with Crippen molar-refractivity contribution in [1.29, 1.82) is 0 Å². The predicted molar refractivity (Wildman–Crippen MR) is 79.5 cm³/mol. The molecule has 0 saturated heterocycles. The average molecular weight is 264 g/mol. The normalized spacial score (nSPS) is 11.2. The van der Waals surface area contributed by atoms with Crippen molar-refractivity contribution in [2.45, 2.75) is 0 Å². The van der Waals surface area contributed by atoms with Crippen molar-refractivity contribution in [2.24, 2.45) is 0 Å². The highest BCUT2D eigenvalue weighted by atomic mass is 16.3. The van der Waals surface area contributed by atoms with Crippen LogP contribution in [0.2, 0.25) is 0 Å². The molecule has 98 valence electrons. The molecule has 3 aromatic rings. The zero-order chi connectivity index (χ0) is 13.9. The first kappa shape index (κ1) is 12.2. The van der Waals surface area contributed by atoms with Crippen LogP contribution in [0.5, 0.6) is 5.75 Å².